The summed E-state index contributed by atoms with van der Waals surface area (Å²) < 4.78 is 0. The Morgan fingerprint density at radius 2 is 2.64 bits per heavy atom. The van der Waals surface area contributed by atoms with Crippen LogP contribution in [0.2, 0.25) is 0 Å². The molecule has 1 N–H and O–H groups in total. The summed E-state index contributed by atoms with van der Waals surface area (Å²) in [7, 11) is 0. The van der Waals surface area contributed by atoms with Crippen LogP contribution in [0.3, 0.4) is 0 Å². The smallest absolute Gasteiger partial charge is 0.0870 e. The van der Waals surface area contributed by atoms with E-state index in [4.69, 9.17) is 0 Å². The van der Waals surface area contributed by atoms with Crippen LogP contribution in [0.4, 0.5) is 0 Å². The zero-order valence-electron chi connectivity index (χ0n) is 7.09. The topological polar surface area (TPSA) is 24.4 Å². The average molecular weight is 150 g/mol. The molecule has 0 unspecified atom stereocenters. The number of hydrogen-bond donors (Lipinski definition) is 1. The molecule has 0 aliphatic carbocycles. The highest BCUT2D eigenvalue weighted by Gasteiger charge is 1.96. The first-order valence-corrected chi connectivity index (χ1v) is 3.94. The van der Waals surface area contributed by atoms with E-state index in [9.17, 15) is 0 Å². The van der Waals surface area contributed by atoms with E-state index in [-0.39, 0.29) is 0 Å². The van der Waals surface area contributed by atoms with Crippen molar-refractivity contribution in [3.05, 3.63) is 23.4 Å². The maximum atomic E-state index is 4.03. The molecule has 0 saturated heterocycles. The number of nitrogens with one attached hydrogen (secondary N) is 1. The van der Waals surface area contributed by atoms with Gasteiger partial charge >= 0.3 is 0 Å². The summed E-state index contributed by atoms with van der Waals surface area (Å²) in [5.74, 6) is 0. The van der Waals surface area contributed by atoms with Crippen LogP contribution in [-0.2, 0) is 0 Å². The van der Waals surface area contributed by atoms with Gasteiger partial charge in [-0.15, -0.1) is 0 Å². The molecular formula is C9H14N2. The van der Waals surface area contributed by atoms with Crippen LogP contribution in [0, 0.1) is 0 Å². The fourth-order valence-electron chi connectivity index (χ4n) is 0.780. The van der Waals surface area contributed by atoms with Crippen molar-refractivity contribution in [3.8, 4) is 0 Å². The van der Waals surface area contributed by atoms with Crippen LogP contribution < -0.4 is 5.32 Å². The summed E-state index contributed by atoms with van der Waals surface area (Å²) in [4.78, 5) is 4.03. The molecular weight excluding hydrogens is 136 g/mol. The zero-order chi connectivity index (χ0) is 8.10. The number of rotatable bonds is 2. The van der Waals surface area contributed by atoms with Crippen LogP contribution >= 0.6 is 0 Å². The van der Waals surface area contributed by atoms with E-state index in [0.717, 1.165) is 13.0 Å². The van der Waals surface area contributed by atoms with Gasteiger partial charge in [-0.1, -0.05) is 18.6 Å². The van der Waals surface area contributed by atoms with Gasteiger partial charge in [0.05, 0.1) is 12.9 Å². The molecule has 11 heavy (non-hydrogen) atoms. The van der Waals surface area contributed by atoms with Crippen molar-refractivity contribution in [2.45, 2.75) is 20.3 Å². The van der Waals surface area contributed by atoms with Gasteiger partial charge in [-0.3, -0.25) is 4.99 Å². The lowest BCUT2D eigenvalue weighted by Gasteiger charge is -1.94. The van der Waals surface area contributed by atoms with E-state index < -0.39 is 0 Å². The normalized spacial score (nSPS) is 20.9. The van der Waals surface area contributed by atoms with Crippen molar-refractivity contribution in [2.24, 2.45) is 4.99 Å². The number of hydrogen-bond acceptors (Lipinski definition) is 2. The van der Waals surface area contributed by atoms with Gasteiger partial charge in [0.15, 0.2) is 0 Å². The van der Waals surface area contributed by atoms with Crippen molar-refractivity contribution in [1.29, 1.82) is 0 Å². The first kappa shape index (κ1) is 8.05. The van der Waals surface area contributed by atoms with Crippen LogP contribution in [0.15, 0.2) is 28.4 Å². The Hall–Kier alpha value is -1.05. The highest BCUT2D eigenvalue weighted by atomic mass is 15.0. The molecule has 0 saturated carbocycles. The molecule has 1 aliphatic rings. The van der Waals surface area contributed by atoms with Gasteiger partial charge in [0.2, 0.25) is 0 Å². The van der Waals surface area contributed by atoms with Crippen LogP contribution in [0.5, 0.6) is 0 Å². The molecule has 0 aromatic carbocycles. The quantitative estimate of drug-likeness (QED) is 0.638. The largest absolute Gasteiger partial charge is 0.349 e. The standard InChI is InChI=1S/C9H14N2/c1-3-8(2)4-5-9-6-10-7-11-9/h4-5,7H,3,6H2,1-2H3,(H,10,11)/b8-4-,9-5+. The van der Waals surface area contributed by atoms with Crippen molar-refractivity contribution in [3.63, 3.8) is 0 Å². The maximum Gasteiger partial charge on any atom is 0.0870 e. The minimum absolute atomic E-state index is 0.799. The summed E-state index contributed by atoms with van der Waals surface area (Å²) in [5, 5.41) is 3.06. The second kappa shape index (κ2) is 3.96. The van der Waals surface area contributed by atoms with E-state index in [2.05, 4.69) is 36.3 Å². The Morgan fingerprint density at radius 3 is 3.18 bits per heavy atom. The first-order chi connectivity index (χ1) is 5.33. The van der Waals surface area contributed by atoms with Crippen molar-refractivity contribution in [1.82, 2.24) is 5.32 Å². The lowest BCUT2D eigenvalue weighted by atomic mass is 10.2. The molecule has 0 spiro atoms. The summed E-state index contributed by atoms with van der Waals surface area (Å²) in [5.41, 5.74) is 2.57. The Kier molecular flexibility index (Phi) is 2.90. The van der Waals surface area contributed by atoms with Gasteiger partial charge < -0.3 is 5.32 Å². The Morgan fingerprint density at radius 1 is 1.82 bits per heavy atom. The second-order valence-electron chi connectivity index (χ2n) is 2.67. The van der Waals surface area contributed by atoms with Crippen LogP contribution in [0.1, 0.15) is 20.3 Å². The van der Waals surface area contributed by atoms with Gasteiger partial charge in [-0.2, -0.15) is 0 Å². The van der Waals surface area contributed by atoms with E-state index >= 15 is 0 Å². The predicted octanol–water partition coefficient (Wildman–Crippen LogP) is 1.86. The van der Waals surface area contributed by atoms with E-state index in [0.29, 0.717) is 0 Å². The fourth-order valence-corrected chi connectivity index (χ4v) is 0.780. The average Bonchev–Trinajstić information content (AvgIpc) is 2.52. The molecule has 0 aromatic rings. The monoisotopic (exact) mass is 150 g/mol. The minimum Gasteiger partial charge on any atom is -0.349 e. The van der Waals surface area contributed by atoms with Crippen molar-refractivity contribution >= 4 is 6.34 Å². The van der Waals surface area contributed by atoms with Crippen LogP contribution in [-0.4, -0.2) is 12.9 Å². The molecule has 2 nitrogen and oxygen atoms in total. The van der Waals surface area contributed by atoms with Gasteiger partial charge in [0.1, 0.15) is 0 Å². The third-order valence-corrected chi connectivity index (χ3v) is 1.73. The molecule has 0 aromatic heterocycles. The Bertz CT molecular complexity index is 202. The van der Waals surface area contributed by atoms with E-state index in [1.54, 1.807) is 6.34 Å². The lowest BCUT2D eigenvalue weighted by molar-refractivity contribution is 1.08. The fraction of sp³-hybridized carbons (Fsp3) is 0.444. The summed E-state index contributed by atoms with van der Waals surface area (Å²) in [6.07, 6.45) is 7.08. The van der Waals surface area contributed by atoms with E-state index in [1.165, 1.54) is 11.3 Å². The van der Waals surface area contributed by atoms with Gasteiger partial charge in [0, 0.05) is 5.70 Å². The highest BCUT2D eigenvalue weighted by molar-refractivity contribution is 5.61. The molecule has 0 radical (unpaired) electrons. The second-order valence-corrected chi connectivity index (χ2v) is 2.67. The van der Waals surface area contributed by atoms with Crippen molar-refractivity contribution in [2.75, 3.05) is 6.54 Å². The number of nitrogens with zero attached hydrogens (tertiary/aromatic N) is 1. The van der Waals surface area contributed by atoms with E-state index in [1.807, 2.05) is 0 Å². The number of aliphatic imine (C=N–C) groups is 1. The molecule has 1 heterocycles. The summed E-state index contributed by atoms with van der Waals surface area (Å²) in [6.45, 7) is 5.09. The molecule has 0 bridgehead atoms. The molecule has 2 heteroatoms. The third kappa shape index (κ3) is 2.58. The molecule has 1 aliphatic heterocycles. The van der Waals surface area contributed by atoms with Gasteiger partial charge in [-0.25, -0.2) is 0 Å². The number of allylic oxidation sites excluding steroid dienone is 3. The van der Waals surface area contributed by atoms with Crippen molar-refractivity contribution < 1.29 is 0 Å². The maximum absolute atomic E-state index is 4.03. The molecule has 1 rings (SSSR count). The summed E-state index contributed by atoms with van der Waals surface area (Å²) in [6, 6.07) is 0. The molecule has 60 valence electrons. The minimum atomic E-state index is 0.799. The molecule has 0 amide bonds. The highest BCUT2D eigenvalue weighted by Crippen LogP contribution is 2.01. The van der Waals surface area contributed by atoms with Crippen LogP contribution in [0.25, 0.3) is 0 Å². The third-order valence-electron chi connectivity index (χ3n) is 1.73. The lowest BCUT2D eigenvalue weighted by Crippen LogP contribution is -2.03. The first-order valence-electron chi connectivity index (χ1n) is 3.94. The Labute approximate surface area is 67.7 Å². The zero-order valence-corrected chi connectivity index (χ0v) is 7.09. The molecule has 0 fully saturated rings. The summed E-state index contributed by atoms with van der Waals surface area (Å²) >= 11 is 0. The predicted molar refractivity (Wildman–Crippen MR) is 48.6 cm³/mol. The molecule has 0 atom stereocenters. The Balaban J connectivity index is 2.46. The van der Waals surface area contributed by atoms with Gasteiger partial charge in [0.25, 0.3) is 0 Å². The van der Waals surface area contributed by atoms with Gasteiger partial charge in [-0.05, 0) is 19.4 Å². The SMILES string of the molecule is CC/C(C)=C\C=C1/CN=CN1.